The van der Waals surface area contributed by atoms with Crippen molar-refractivity contribution >= 4 is 35.2 Å². The maximum Gasteiger partial charge on any atom is 0.416 e. The Morgan fingerprint density at radius 1 is 1.11 bits per heavy atom. The van der Waals surface area contributed by atoms with Crippen molar-refractivity contribution in [1.82, 2.24) is 24.8 Å². The van der Waals surface area contributed by atoms with Crippen molar-refractivity contribution in [3.63, 3.8) is 0 Å². The number of likely N-dealkylation sites (N-methyl/N-ethyl adjacent to an activating group) is 1. The molecule has 0 aliphatic carbocycles. The van der Waals surface area contributed by atoms with Gasteiger partial charge in [-0.3, -0.25) is 14.7 Å². The summed E-state index contributed by atoms with van der Waals surface area (Å²) in [6.07, 6.45) is -0.391. The molecule has 0 radical (unpaired) electrons. The predicted molar refractivity (Wildman–Crippen MR) is 166 cm³/mol. The molecule has 0 spiro atoms. The van der Waals surface area contributed by atoms with Crippen LogP contribution in [-0.2, 0) is 12.7 Å². The Kier molecular flexibility index (Phi) is 9.61. The van der Waals surface area contributed by atoms with Crippen LogP contribution in [0.4, 0.5) is 24.7 Å². The standard InChI is InChI=1S/C31H30ClF3N8O2/c1-37-28-24(16-36)30(41-27(40-28)19-4-3-9-38-17-19)45-22-7-8-26(32)23(15-22)29(44)39-21-6-5-20(25(14-21)31(33,34)35)18-43-12-10-42(2)11-13-43/h3-9,14-17,36H,10-13,18H2,1-2H3,(H,39,44)(H,37,40,41). The average molecular weight is 639 g/mol. The number of anilines is 2. The number of alkyl halides is 3. The number of hydrogen-bond donors (Lipinski definition) is 3. The average Bonchev–Trinajstić information content (AvgIpc) is 3.03. The van der Waals surface area contributed by atoms with Gasteiger partial charge in [0.15, 0.2) is 5.82 Å². The van der Waals surface area contributed by atoms with Crippen LogP contribution in [0.25, 0.3) is 11.4 Å². The predicted octanol–water partition coefficient (Wildman–Crippen LogP) is 6.04. The first-order chi connectivity index (χ1) is 21.5. The second kappa shape index (κ2) is 13.6. The van der Waals surface area contributed by atoms with Gasteiger partial charge in [-0.05, 0) is 55.1 Å². The lowest BCUT2D eigenvalue weighted by atomic mass is 10.0. The SMILES string of the molecule is CNc1nc(-c2cccnc2)nc(Oc2ccc(Cl)c(C(=O)Nc3ccc(CN4CCN(C)CC4)c(C(F)(F)F)c3)c2)c1C=N. The summed E-state index contributed by atoms with van der Waals surface area (Å²) in [7, 11) is 3.62. The van der Waals surface area contributed by atoms with Gasteiger partial charge in [0.2, 0.25) is 5.88 Å². The van der Waals surface area contributed by atoms with Crippen LogP contribution >= 0.6 is 11.6 Å². The number of benzene rings is 2. The lowest BCUT2D eigenvalue weighted by Gasteiger charge is -2.33. The Hall–Kier alpha value is -4.59. The smallest absolute Gasteiger partial charge is 0.416 e. The van der Waals surface area contributed by atoms with E-state index in [1.54, 1.807) is 31.6 Å². The van der Waals surface area contributed by atoms with Crippen molar-refractivity contribution in [1.29, 1.82) is 5.41 Å². The first-order valence-electron chi connectivity index (χ1n) is 14.0. The highest BCUT2D eigenvalue weighted by atomic mass is 35.5. The molecule has 4 aromatic rings. The molecule has 1 aliphatic heterocycles. The lowest BCUT2D eigenvalue weighted by molar-refractivity contribution is -0.138. The van der Waals surface area contributed by atoms with E-state index in [0.29, 0.717) is 24.5 Å². The quantitative estimate of drug-likeness (QED) is 0.190. The molecule has 0 atom stereocenters. The van der Waals surface area contributed by atoms with Gasteiger partial charge in [0.25, 0.3) is 5.91 Å². The fraction of sp³-hybridized carbons (Fsp3) is 0.258. The number of pyridine rings is 1. The maximum atomic E-state index is 14.1. The van der Waals surface area contributed by atoms with Gasteiger partial charge in [-0.2, -0.15) is 18.2 Å². The second-order valence-electron chi connectivity index (χ2n) is 10.4. The number of hydrogen-bond acceptors (Lipinski definition) is 9. The van der Waals surface area contributed by atoms with Gasteiger partial charge in [-0.25, -0.2) is 4.98 Å². The van der Waals surface area contributed by atoms with Crippen molar-refractivity contribution in [3.8, 4) is 23.0 Å². The van der Waals surface area contributed by atoms with Crippen molar-refractivity contribution in [2.45, 2.75) is 12.7 Å². The Labute approximate surface area is 262 Å². The molecule has 1 saturated heterocycles. The van der Waals surface area contributed by atoms with E-state index in [-0.39, 0.29) is 51.4 Å². The zero-order chi connectivity index (χ0) is 32.1. The number of carbonyl (C=O) groups is 1. The Bertz CT molecular complexity index is 1700. The number of aromatic nitrogens is 3. The number of carbonyl (C=O) groups excluding carboxylic acids is 1. The Morgan fingerprint density at radius 3 is 2.56 bits per heavy atom. The molecular weight excluding hydrogens is 609 g/mol. The summed E-state index contributed by atoms with van der Waals surface area (Å²) in [5.74, 6) is 0.0767. The second-order valence-corrected chi connectivity index (χ2v) is 10.8. The summed E-state index contributed by atoms with van der Waals surface area (Å²) in [4.78, 5) is 30.4. The Balaban J connectivity index is 1.39. The Morgan fingerprint density at radius 2 is 1.89 bits per heavy atom. The van der Waals surface area contributed by atoms with Crippen LogP contribution in [0.1, 0.15) is 27.0 Å². The largest absolute Gasteiger partial charge is 0.438 e. The highest BCUT2D eigenvalue weighted by molar-refractivity contribution is 6.34. The summed E-state index contributed by atoms with van der Waals surface area (Å²) in [5, 5.41) is 13.4. The number of amides is 1. The van der Waals surface area contributed by atoms with Crippen molar-refractivity contribution in [3.05, 3.63) is 88.2 Å². The minimum absolute atomic E-state index is 0.0292. The minimum atomic E-state index is -4.61. The number of nitrogens with one attached hydrogen (secondary N) is 3. The summed E-state index contributed by atoms with van der Waals surface area (Å²) < 4.78 is 48.2. The number of halogens is 4. The fourth-order valence-electron chi connectivity index (χ4n) is 4.83. The molecule has 0 saturated carbocycles. The van der Waals surface area contributed by atoms with Crippen LogP contribution in [0.15, 0.2) is 60.9 Å². The van der Waals surface area contributed by atoms with Gasteiger partial charge >= 0.3 is 6.18 Å². The third-order valence-corrected chi connectivity index (χ3v) is 7.60. The van der Waals surface area contributed by atoms with Crippen LogP contribution in [0.5, 0.6) is 11.6 Å². The molecule has 5 rings (SSSR count). The van der Waals surface area contributed by atoms with E-state index in [2.05, 4.69) is 30.5 Å². The van der Waals surface area contributed by atoms with Crippen molar-refractivity contribution < 1.29 is 22.7 Å². The molecule has 0 unspecified atom stereocenters. The summed E-state index contributed by atoms with van der Waals surface area (Å²) in [5.41, 5.74) is 0.128. The van der Waals surface area contributed by atoms with Crippen LogP contribution < -0.4 is 15.4 Å². The van der Waals surface area contributed by atoms with Crippen LogP contribution in [0, 0.1) is 5.41 Å². The minimum Gasteiger partial charge on any atom is -0.438 e. The van der Waals surface area contributed by atoms with E-state index in [1.807, 2.05) is 11.9 Å². The van der Waals surface area contributed by atoms with E-state index >= 15 is 0 Å². The van der Waals surface area contributed by atoms with Gasteiger partial charge < -0.3 is 25.7 Å². The van der Waals surface area contributed by atoms with E-state index in [4.69, 9.17) is 21.7 Å². The molecule has 2 aromatic carbocycles. The number of nitrogens with zero attached hydrogens (tertiary/aromatic N) is 5. The van der Waals surface area contributed by atoms with Crippen molar-refractivity contribution in [2.75, 3.05) is 50.9 Å². The topological polar surface area (TPSA) is 119 Å². The summed E-state index contributed by atoms with van der Waals surface area (Å²) in [6, 6.07) is 11.6. The monoisotopic (exact) mass is 638 g/mol. The van der Waals surface area contributed by atoms with E-state index in [1.165, 1.54) is 30.3 Å². The van der Waals surface area contributed by atoms with Gasteiger partial charge in [0.05, 0.1) is 21.7 Å². The molecule has 234 valence electrons. The summed E-state index contributed by atoms with van der Waals surface area (Å²) >= 11 is 6.34. The van der Waals surface area contributed by atoms with Gasteiger partial charge in [0.1, 0.15) is 11.6 Å². The molecule has 1 aliphatic rings. The molecule has 45 heavy (non-hydrogen) atoms. The normalized spacial score (nSPS) is 14.2. The van der Waals surface area contributed by atoms with Crippen molar-refractivity contribution in [2.24, 2.45) is 0 Å². The van der Waals surface area contributed by atoms with Gasteiger partial charge in [-0.1, -0.05) is 17.7 Å². The summed E-state index contributed by atoms with van der Waals surface area (Å²) in [6.45, 7) is 3.05. The highest BCUT2D eigenvalue weighted by Crippen LogP contribution is 2.36. The van der Waals surface area contributed by atoms with E-state index in [0.717, 1.165) is 25.4 Å². The third kappa shape index (κ3) is 7.56. The molecular formula is C31H30ClF3N8O2. The number of ether oxygens (including phenoxy) is 1. The zero-order valence-electron chi connectivity index (χ0n) is 24.5. The highest BCUT2D eigenvalue weighted by Gasteiger charge is 2.34. The fourth-order valence-corrected chi connectivity index (χ4v) is 5.03. The third-order valence-electron chi connectivity index (χ3n) is 7.27. The molecule has 1 amide bonds. The van der Waals surface area contributed by atoms with Gasteiger partial charge in [-0.15, -0.1) is 0 Å². The molecule has 0 bridgehead atoms. The zero-order valence-corrected chi connectivity index (χ0v) is 25.2. The van der Waals surface area contributed by atoms with E-state index in [9.17, 15) is 18.0 Å². The number of rotatable bonds is 9. The maximum absolute atomic E-state index is 14.1. The van der Waals surface area contributed by atoms with Crippen LogP contribution in [0.2, 0.25) is 5.02 Å². The van der Waals surface area contributed by atoms with Crippen LogP contribution in [-0.4, -0.2) is 77.1 Å². The van der Waals surface area contributed by atoms with Crippen LogP contribution in [0.3, 0.4) is 0 Å². The molecule has 10 nitrogen and oxygen atoms in total. The lowest BCUT2D eigenvalue weighted by Crippen LogP contribution is -2.44. The van der Waals surface area contributed by atoms with E-state index < -0.39 is 17.6 Å². The first-order valence-corrected chi connectivity index (χ1v) is 14.3. The molecule has 3 heterocycles. The molecule has 14 heteroatoms. The molecule has 2 aromatic heterocycles. The first kappa shape index (κ1) is 31.8. The number of piperazine rings is 1. The molecule has 3 N–H and O–H groups in total. The van der Waals surface area contributed by atoms with Gasteiger partial charge in [0, 0.05) is 69.6 Å². The molecule has 1 fully saturated rings.